The highest BCUT2D eigenvalue weighted by atomic mass is 79.9. The Morgan fingerprint density at radius 1 is 1.47 bits per heavy atom. The number of hydrogen-bond donors (Lipinski definition) is 1. The molecule has 0 aliphatic carbocycles. The number of benzene rings is 1. The Labute approximate surface area is 118 Å². The summed E-state index contributed by atoms with van der Waals surface area (Å²) in [6, 6.07) is 5.91. The molecular weight excluding hydrogens is 348 g/mol. The van der Waals surface area contributed by atoms with E-state index in [4.69, 9.17) is 0 Å². The lowest BCUT2D eigenvalue weighted by molar-refractivity contribution is 0.0655. The van der Waals surface area contributed by atoms with Gasteiger partial charge in [-0.2, -0.15) is 0 Å². The van der Waals surface area contributed by atoms with Gasteiger partial charge in [0.1, 0.15) is 0 Å². The number of carbonyl (C=O) groups is 1. The monoisotopic (exact) mass is 360 g/mol. The number of rotatable bonds is 1. The second-order valence-corrected chi connectivity index (χ2v) is 5.95. The largest absolute Gasteiger partial charge is 0.333 e. The van der Waals surface area contributed by atoms with Crippen molar-refractivity contribution in [1.29, 1.82) is 0 Å². The van der Waals surface area contributed by atoms with Gasteiger partial charge in [0, 0.05) is 34.6 Å². The Morgan fingerprint density at radius 3 is 2.94 bits per heavy atom. The quantitative estimate of drug-likeness (QED) is 0.833. The lowest BCUT2D eigenvalue weighted by Gasteiger charge is -2.34. The summed E-state index contributed by atoms with van der Waals surface area (Å²) in [4.78, 5) is 14.4. The van der Waals surface area contributed by atoms with Crippen molar-refractivity contribution in [2.45, 2.75) is 13.0 Å². The van der Waals surface area contributed by atoms with Gasteiger partial charge in [0.25, 0.3) is 5.91 Å². The Balaban J connectivity index is 2.26. The van der Waals surface area contributed by atoms with E-state index in [0.29, 0.717) is 5.56 Å². The van der Waals surface area contributed by atoms with Gasteiger partial charge in [0.2, 0.25) is 0 Å². The molecule has 2 rings (SSSR count). The molecule has 0 aromatic heterocycles. The van der Waals surface area contributed by atoms with Gasteiger partial charge in [-0.25, -0.2) is 0 Å². The Morgan fingerprint density at radius 2 is 2.24 bits per heavy atom. The molecule has 0 bridgehead atoms. The molecule has 1 saturated heterocycles. The number of halogens is 2. The predicted molar refractivity (Wildman–Crippen MR) is 75.2 cm³/mol. The Hall–Kier alpha value is -0.390. The topological polar surface area (TPSA) is 32.3 Å². The summed E-state index contributed by atoms with van der Waals surface area (Å²) in [7, 11) is 0. The molecule has 0 unspecified atom stereocenters. The van der Waals surface area contributed by atoms with Crippen LogP contribution in [0.2, 0.25) is 0 Å². The summed E-state index contributed by atoms with van der Waals surface area (Å²) in [5.41, 5.74) is 0.716. The third kappa shape index (κ3) is 2.89. The second-order valence-electron chi connectivity index (χ2n) is 4.18. The third-order valence-electron chi connectivity index (χ3n) is 2.92. The van der Waals surface area contributed by atoms with Crippen LogP contribution in [0.1, 0.15) is 17.3 Å². The number of piperazine rings is 1. The van der Waals surface area contributed by atoms with Crippen LogP contribution in [0.25, 0.3) is 0 Å². The maximum atomic E-state index is 12.4. The molecule has 17 heavy (non-hydrogen) atoms. The summed E-state index contributed by atoms with van der Waals surface area (Å²) < 4.78 is 1.77. The fraction of sp³-hybridized carbons (Fsp3) is 0.417. The van der Waals surface area contributed by atoms with E-state index in [-0.39, 0.29) is 11.9 Å². The molecule has 0 spiro atoms. The minimum Gasteiger partial charge on any atom is -0.333 e. The Bertz CT molecular complexity index is 437. The highest BCUT2D eigenvalue weighted by Gasteiger charge is 2.25. The molecule has 1 aromatic carbocycles. The number of nitrogens with zero attached hydrogens (tertiary/aromatic N) is 1. The van der Waals surface area contributed by atoms with Gasteiger partial charge in [-0.3, -0.25) is 4.79 Å². The van der Waals surface area contributed by atoms with Gasteiger partial charge in [-0.15, -0.1) is 0 Å². The van der Waals surface area contributed by atoms with Crippen LogP contribution in [0, 0.1) is 0 Å². The molecule has 1 aliphatic heterocycles. The van der Waals surface area contributed by atoms with Crippen LogP contribution in [-0.4, -0.2) is 36.5 Å². The smallest absolute Gasteiger partial charge is 0.255 e. The minimum absolute atomic E-state index is 0.0900. The second kappa shape index (κ2) is 5.50. The first-order valence-corrected chi connectivity index (χ1v) is 7.15. The standard InChI is InChI=1S/C12H14Br2N2O/c1-8-7-15-4-5-16(8)12(17)10-6-9(13)2-3-11(10)14/h2-3,6,8,15H,4-5,7H2,1H3/t8-/m1/s1. The molecule has 1 atom stereocenters. The highest BCUT2D eigenvalue weighted by molar-refractivity contribution is 9.11. The summed E-state index contributed by atoms with van der Waals surface area (Å²) in [6.45, 7) is 4.55. The van der Waals surface area contributed by atoms with E-state index in [9.17, 15) is 4.79 Å². The molecule has 1 N–H and O–H groups in total. The van der Waals surface area contributed by atoms with Gasteiger partial charge in [-0.1, -0.05) is 15.9 Å². The van der Waals surface area contributed by atoms with Crippen LogP contribution < -0.4 is 5.32 Å². The van der Waals surface area contributed by atoms with E-state index in [1.54, 1.807) is 0 Å². The maximum absolute atomic E-state index is 12.4. The third-order valence-corrected chi connectivity index (χ3v) is 4.11. The first-order chi connectivity index (χ1) is 8.09. The zero-order valence-corrected chi connectivity index (χ0v) is 12.7. The van der Waals surface area contributed by atoms with Crippen LogP contribution in [0.15, 0.2) is 27.1 Å². The zero-order valence-electron chi connectivity index (χ0n) is 9.54. The molecule has 1 fully saturated rings. The highest BCUT2D eigenvalue weighted by Crippen LogP contribution is 2.23. The molecule has 1 aliphatic rings. The first kappa shape index (κ1) is 13.1. The number of hydrogen-bond acceptors (Lipinski definition) is 2. The number of amides is 1. The van der Waals surface area contributed by atoms with Crippen LogP contribution in [-0.2, 0) is 0 Å². The van der Waals surface area contributed by atoms with E-state index in [1.807, 2.05) is 23.1 Å². The van der Waals surface area contributed by atoms with Crippen molar-refractivity contribution >= 4 is 37.8 Å². The predicted octanol–water partition coefficient (Wildman–Crippen LogP) is 2.65. The van der Waals surface area contributed by atoms with Crippen molar-refractivity contribution in [3.63, 3.8) is 0 Å². The molecule has 0 radical (unpaired) electrons. The van der Waals surface area contributed by atoms with E-state index in [1.165, 1.54) is 0 Å². The fourth-order valence-corrected chi connectivity index (χ4v) is 2.74. The normalized spacial score (nSPS) is 20.4. The van der Waals surface area contributed by atoms with E-state index < -0.39 is 0 Å². The number of nitrogens with one attached hydrogen (secondary N) is 1. The summed E-state index contributed by atoms with van der Waals surface area (Å²) in [5.74, 6) is 0.0900. The van der Waals surface area contributed by atoms with Crippen molar-refractivity contribution in [3.8, 4) is 0 Å². The van der Waals surface area contributed by atoms with Crippen molar-refractivity contribution < 1.29 is 4.79 Å². The van der Waals surface area contributed by atoms with Gasteiger partial charge < -0.3 is 10.2 Å². The summed E-state index contributed by atoms with van der Waals surface area (Å²) >= 11 is 6.83. The molecular formula is C12H14Br2N2O. The van der Waals surface area contributed by atoms with E-state index >= 15 is 0 Å². The zero-order chi connectivity index (χ0) is 12.4. The molecule has 0 saturated carbocycles. The van der Waals surface area contributed by atoms with Crippen LogP contribution in [0.5, 0.6) is 0 Å². The SMILES string of the molecule is C[C@@H]1CNCCN1C(=O)c1cc(Br)ccc1Br. The minimum atomic E-state index is 0.0900. The lowest BCUT2D eigenvalue weighted by atomic mass is 10.1. The molecule has 5 heteroatoms. The van der Waals surface area contributed by atoms with E-state index in [0.717, 1.165) is 28.6 Å². The van der Waals surface area contributed by atoms with Gasteiger partial charge in [0.05, 0.1) is 5.56 Å². The molecule has 92 valence electrons. The number of carbonyl (C=O) groups excluding carboxylic acids is 1. The lowest BCUT2D eigenvalue weighted by Crippen LogP contribution is -2.52. The van der Waals surface area contributed by atoms with Crippen molar-refractivity contribution in [2.24, 2.45) is 0 Å². The molecule has 3 nitrogen and oxygen atoms in total. The first-order valence-electron chi connectivity index (χ1n) is 5.56. The Kier molecular flexibility index (Phi) is 4.22. The molecule has 1 amide bonds. The van der Waals surface area contributed by atoms with Crippen LogP contribution in [0.4, 0.5) is 0 Å². The van der Waals surface area contributed by atoms with Crippen molar-refractivity contribution in [3.05, 3.63) is 32.7 Å². The van der Waals surface area contributed by atoms with Crippen LogP contribution >= 0.6 is 31.9 Å². The van der Waals surface area contributed by atoms with Crippen LogP contribution in [0.3, 0.4) is 0 Å². The summed E-state index contributed by atoms with van der Waals surface area (Å²) in [6.07, 6.45) is 0. The fourth-order valence-electron chi connectivity index (χ4n) is 1.96. The summed E-state index contributed by atoms with van der Waals surface area (Å²) in [5, 5.41) is 3.28. The molecule has 1 aromatic rings. The van der Waals surface area contributed by atoms with Gasteiger partial charge >= 0.3 is 0 Å². The van der Waals surface area contributed by atoms with E-state index in [2.05, 4.69) is 44.1 Å². The van der Waals surface area contributed by atoms with Gasteiger partial charge in [-0.05, 0) is 41.1 Å². The van der Waals surface area contributed by atoms with Crippen molar-refractivity contribution in [1.82, 2.24) is 10.2 Å². The van der Waals surface area contributed by atoms with Crippen molar-refractivity contribution in [2.75, 3.05) is 19.6 Å². The average Bonchev–Trinajstić information content (AvgIpc) is 2.32. The maximum Gasteiger partial charge on any atom is 0.255 e. The van der Waals surface area contributed by atoms with Gasteiger partial charge in [0.15, 0.2) is 0 Å². The molecule has 1 heterocycles. The average molecular weight is 362 g/mol.